The van der Waals surface area contributed by atoms with Gasteiger partial charge in [0.25, 0.3) is 0 Å². The molecule has 5 rings (SSSR count). The number of H-pyrrole nitrogens is 1. The van der Waals surface area contributed by atoms with Crippen LogP contribution in [0.15, 0.2) is 42.6 Å². The lowest BCUT2D eigenvalue weighted by atomic mass is 9.85. The molecule has 32 heavy (non-hydrogen) atoms. The average Bonchev–Trinajstić information content (AvgIpc) is 3.16. The molecule has 0 unspecified atom stereocenters. The minimum absolute atomic E-state index is 0.169. The number of nitrogens with one attached hydrogen (secondary N) is 2. The highest BCUT2D eigenvalue weighted by atomic mass is 19.1. The van der Waals surface area contributed by atoms with Gasteiger partial charge in [0.05, 0.1) is 0 Å². The number of anilines is 1. The van der Waals surface area contributed by atoms with Gasteiger partial charge < -0.3 is 15.2 Å². The van der Waals surface area contributed by atoms with Crippen molar-refractivity contribution in [2.75, 3.05) is 25.0 Å². The molecular formula is C27H32FN3O. The van der Waals surface area contributed by atoms with Crippen molar-refractivity contribution in [1.29, 1.82) is 0 Å². The standard InChI is InChI=1S/C27H32FN3O/c1-18-5-7-23(30-27(32)20-3-2-4-20)15-21(18)11-14-31-12-9-19(10-13-31)25-17-29-26-8-6-22(28)16-24(25)26/h5-8,15-17,19-20,29H,2-4,9-14H2,1H3,(H,30,32). The summed E-state index contributed by atoms with van der Waals surface area (Å²) in [4.78, 5) is 18.1. The van der Waals surface area contributed by atoms with Gasteiger partial charge in [-0.15, -0.1) is 0 Å². The van der Waals surface area contributed by atoms with E-state index in [-0.39, 0.29) is 17.6 Å². The van der Waals surface area contributed by atoms with Gasteiger partial charge >= 0.3 is 0 Å². The van der Waals surface area contributed by atoms with Gasteiger partial charge in [0.2, 0.25) is 5.91 Å². The van der Waals surface area contributed by atoms with Crippen LogP contribution in [0.2, 0.25) is 0 Å². The molecule has 0 spiro atoms. The highest BCUT2D eigenvalue weighted by Gasteiger charge is 2.25. The fraction of sp³-hybridized carbons (Fsp3) is 0.444. The number of nitrogens with zero attached hydrogens (tertiary/aromatic N) is 1. The summed E-state index contributed by atoms with van der Waals surface area (Å²) in [5.74, 6) is 0.686. The number of carbonyl (C=O) groups excluding carboxylic acids is 1. The summed E-state index contributed by atoms with van der Waals surface area (Å²) < 4.78 is 13.7. The van der Waals surface area contributed by atoms with E-state index in [0.717, 1.165) is 68.3 Å². The number of aryl methyl sites for hydroxylation is 1. The van der Waals surface area contributed by atoms with Gasteiger partial charge in [-0.05, 0) is 105 Å². The second-order valence-electron chi connectivity index (χ2n) is 9.56. The Hall–Kier alpha value is -2.66. The fourth-order valence-electron chi connectivity index (χ4n) is 5.13. The monoisotopic (exact) mass is 433 g/mol. The molecule has 2 fully saturated rings. The van der Waals surface area contributed by atoms with E-state index in [0.29, 0.717) is 5.92 Å². The Balaban J connectivity index is 1.16. The number of hydrogen-bond donors (Lipinski definition) is 2. The number of carbonyl (C=O) groups is 1. The minimum Gasteiger partial charge on any atom is -0.361 e. The molecule has 4 nitrogen and oxygen atoms in total. The van der Waals surface area contributed by atoms with Crippen molar-refractivity contribution in [3.63, 3.8) is 0 Å². The molecule has 0 bridgehead atoms. The van der Waals surface area contributed by atoms with Crippen molar-refractivity contribution >= 4 is 22.5 Å². The number of piperidine rings is 1. The van der Waals surface area contributed by atoms with E-state index >= 15 is 0 Å². The predicted molar refractivity (Wildman–Crippen MR) is 128 cm³/mol. The molecule has 1 aliphatic heterocycles. The summed E-state index contributed by atoms with van der Waals surface area (Å²) in [6.45, 7) is 5.29. The van der Waals surface area contributed by atoms with Crippen LogP contribution in [0.1, 0.15) is 54.7 Å². The molecule has 1 aliphatic carbocycles. The molecule has 0 radical (unpaired) electrons. The van der Waals surface area contributed by atoms with Gasteiger partial charge in [0.15, 0.2) is 0 Å². The molecule has 3 aromatic rings. The summed E-state index contributed by atoms with van der Waals surface area (Å²) in [5, 5.41) is 4.13. The van der Waals surface area contributed by atoms with E-state index in [4.69, 9.17) is 0 Å². The molecule has 0 atom stereocenters. The number of aromatic nitrogens is 1. The highest BCUT2D eigenvalue weighted by Crippen LogP contribution is 2.33. The lowest BCUT2D eigenvalue weighted by Gasteiger charge is -2.32. The molecule has 2 heterocycles. The van der Waals surface area contributed by atoms with Crippen molar-refractivity contribution in [2.24, 2.45) is 5.92 Å². The molecule has 2 aromatic carbocycles. The first kappa shape index (κ1) is 21.2. The van der Waals surface area contributed by atoms with E-state index in [9.17, 15) is 9.18 Å². The highest BCUT2D eigenvalue weighted by molar-refractivity contribution is 5.93. The Labute approximate surface area is 189 Å². The van der Waals surface area contributed by atoms with Crippen LogP contribution in [0.4, 0.5) is 10.1 Å². The maximum atomic E-state index is 13.7. The Morgan fingerprint density at radius 1 is 1.12 bits per heavy atom. The molecule has 1 aromatic heterocycles. The Morgan fingerprint density at radius 3 is 2.69 bits per heavy atom. The molecular weight excluding hydrogens is 401 g/mol. The molecule has 2 aliphatic rings. The average molecular weight is 434 g/mol. The molecule has 1 amide bonds. The SMILES string of the molecule is Cc1ccc(NC(=O)C2CCC2)cc1CCN1CCC(c2c[nH]c3ccc(F)cc23)CC1. The Morgan fingerprint density at radius 2 is 1.94 bits per heavy atom. The predicted octanol–water partition coefficient (Wildman–Crippen LogP) is 5.78. The molecule has 2 N–H and O–H groups in total. The van der Waals surface area contributed by atoms with Crippen molar-refractivity contribution in [3.05, 3.63) is 65.1 Å². The van der Waals surface area contributed by atoms with Gasteiger partial charge in [-0.1, -0.05) is 12.5 Å². The van der Waals surface area contributed by atoms with Crippen LogP contribution < -0.4 is 5.32 Å². The number of rotatable bonds is 6. The van der Waals surface area contributed by atoms with Crippen LogP contribution in [0.3, 0.4) is 0 Å². The van der Waals surface area contributed by atoms with Crippen molar-refractivity contribution in [2.45, 2.75) is 51.4 Å². The zero-order valence-electron chi connectivity index (χ0n) is 18.8. The van der Waals surface area contributed by atoms with Crippen molar-refractivity contribution in [3.8, 4) is 0 Å². The maximum Gasteiger partial charge on any atom is 0.227 e. The number of fused-ring (bicyclic) bond motifs is 1. The normalized spacial score (nSPS) is 18.1. The van der Waals surface area contributed by atoms with Gasteiger partial charge in [0.1, 0.15) is 5.82 Å². The Kier molecular flexibility index (Phi) is 6.01. The minimum atomic E-state index is -0.169. The molecule has 1 saturated heterocycles. The van der Waals surface area contributed by atoms with E-state index in [1.807, 2.05) is 12.1 Å². The lowest BCUT2D eigenvalue weighted by Crippen LogP contribution is -2.34. The van der Waals surface area contributed by atoms with Crippen LogP contribution in [0.25, 0.3) is 10.9 Å². The summed E-state index contributed by atoms with van der Waals surface area (Å²) in [7, 11) is 0. The third-order valence-electron chi connectivity index (χ3n) is 7.49. The van der Waals surface area contributed by atoms with E-state index in [1.165, 1.54) is 29.2 Å². The molecule has 5 heteroatoms. The number of likely N-dealkylation sites (tertiary alicyclic amines) is 1. The number of amides is 1. The van der Waals surface area contributed by atoms with Gasteiger partial charge in [-0.2, -0.15) is 0 Å². The van der Waals surface area contributed by atoms with E-state index in [2.05, 4.69) is 40.5 Å². The zero-order chi connectivity index (χ0) is 22.1. The van der Waals surface area contributed by atoms with Gasteiger partial charge in [-0.3, -0.25) is 4.79 Å². The lowest BCUT2D eigenvalue weighted by molar-refractivity contribution is -0.122. The molecule has 1 saturated carbocycles. The number of benzene rings is 2. The largest absolute Gasteiger partial charge is 0.361 e. The topological polar surface area (TPSA) is 48.1 Å². The maximum absolute atomic E-state index is 13.7. The Bertz CT molecular complexity index is 1110. The quantitative estimate of drug-likeness (QED) is 0.518. The summed E-state index contributed by atoms with van der Waals surface area (Å²) >= 11 is 0. The zero-order valence-corrected chi connectivity index (χ0v) is 18.8. The smallest absolute Gasteiger partial charge is 0.227 e. The summed E-state index contributed by atoms with van der Waals surface area (Å²) in [6, 6.07) is 11.3. The first-order valence-corrected chi connectivity index (χ1v) is 12.0. The number of aromatic amines is 1. The van der Waals surface area contributed by atoms with Gasteiger partial charge in [0, 0.05) is 35.2 Å². The van der Waals surface area contributed by atoms with E-state index in [1.54, 1.807) is 6.07 Å². The van der Waals surface area contributed by atoms with Crippen LogP contribution >= 0.6 is 0 Å². The third-order valence-corrected chi connectivity index (χ3v) is 7.49. The number of halogens is 1. The second-order valence-corrected chi connectivity index (χ2v) is 9.56. The van der Waals surface area contributed by atoms with Crippen LogP contribution in [-0.2, 0) is 11.2 Å². The van der Waals surface area contributed by atoms with Crippen LogP contribution in [0, 0.1) is 18.7 Å². The summed E-state index contributed by atoms with van der Waals surface area (Å²) in [5.41, 5.74) is 5.79. The fourth-order valence-corrected chi connectivity index (χ4v) is 5.13. The van der Waals surface area contributed by atoms with Crippen molar-refractivity contribution in [1.82, 2.24) is 9.88 Å². The molecule has 168 valence electrons. The van der Waals surface area contributed by atoms with Crippen LogP contribution in [0.5, 0.6) is 0 Å². The van der Waals surface area contributed by atoms with Crippen LogP contribution in [-0.4, -0.2) is 35.4 Å². The first-order valence-electron chi connectivity index (χ1n) is 12.0. The summed E-state index contributed by atoms with van der Waals surface area (Å²) in [6.07, 6.45) is 8.46. The van der Waals surface area contributed by atoms with E-state index < -0.39 is 0 Å². The third kappa shape index (κ3) is 4.44. The van der Waals surface area contributed by atoms with Crippen molar-refractivity contribution < 1.29 is 9.18 Å². The van der Waals surface area contributed by atoms with Gasteiger partial charge in [-0.25, -0.2) is 4.39 Å². The number of hydrogen-bond acceptors (Lipinski definition) is 2. The first-order chi connectivity index (χ1) is 15.6. The second kappa shape index (κ2) is 9.07.